The van der Waals surface area contributed by atoms with Crippen molar-refractivity contribution < 1.29 is 13.2 Å². The Morgan fingerprint density at radius 2 is 2.16 bits per heavy atom. The first-order valence-corrected chi connectivity index (χ1v) is 8.06. The Bertz CT molecular complexity index is 543. The van der Waals surface area contributed by atoms with Crippen molar-refractivity contribution in [2.24, 2.45) is 0 Å². The van der Waals surface area contributed by atoms with E-state index in [1.165, 1.54) is 6.20 Å². The minimum Gasteiger partial charge on any atom is -0.383 e. The van der Waals surface area contributed by atoms with Crippen LogP contribution in [0.1, 0.15) is 24.2 Å². The van der Waals surface area contributed by atoms with E-state index in [0.717, 1.165) is 6.26 Å². The zero-order valence-electron chi connectivity index (χ0n) is 11.3. The van der Waals surface area contributed by atoms with Crippen molar-refractivity contribution in [3.8, 4) is 0 Å². The number of carbonyl (C=O) groups is 1. The number of aromatic nitrogens is 1. The molecular weight excluding hydrogens is 266 g/mol. The van der Waals surface area contributed by atoms with Gasteiger partial charge in [0.25, 0.3) is 5.91 Å². The molecule has 0 fully saturated rings. The highest BCUT2D eigenvalue weighted by Crippen LogP contribution is 2.13. The molecule has 0 aromatic carbocycles. The van der Waals surface area contributed by atoms with E-state index in [1.807, 2.05) is 6.92 Å². The normalized spacial score (nSPS) is 12.8. The largest absolute Gasteiger partial charge is 0.383 e. The molecule has 106 valence electrons. The first kappa shape index (κ1) is 15.4. The van der Waals surface area contributed by atoms with Crippen molar-refractivity contribution >= 4 is 21.4 Å². The quantitative estimate of drug-likeness (QED) is 0.802. The summed E-state index contributed by atoms with van der Waals surface area (Å²) in [5, 5.41) is 5.70. The fraction of sp³-hybridized carbons (Fsp3) is 0.500. The smallest absolute Gasteiger partial charge is 0.253 e. The molecule has 19 heavy (non-hydrogen) atoms. The van der Waals surface area contributed by atoms with Gasteiger partial charge in [-0.05, 0) is 19.9 Å². The molecule has 1 amide bonds. The molecule has 0 bridgehead atoms. The summed E-state index contributed by atoms with van der Waals surface area (Å²) in [6.07, 6.45) is 4.24. The lowest BCUT2D eigenvalue weighted by Gasteiger charge is -2.15. The number of anilines is 1. The molecule has 0 aliphatic rings. The van der Waals surface area contributed by atoms with Crippen LogP contribution < -0.4 is 10.6 Å². The van der Waals surface area contributed by atoms with Crippen LogP contribution in [0.5, 0.6) is 0 Å². The number of hydrogen-bond donors (Lipinski definition) is 2. The van der Waals surface area contributed by atoms with Gasteiger partial charge in [0, 0.05) is 25.0 Å². The molecule has 2 N–H and O–H groups in total. The van der Waals surface area contributed by atoms with Gasteiger partial charge in [0.2, 0.25) is 0 Å². The summed E-state index contributed by atoms with van der Waals surface area (Å²) in [5.41, 5.74) is 1.09. The highest BCUT2D eigenvalue weighted by Gasteiger charge is 2.16. The SMILES string of the molecule is CCNc1cnccc1C(=O)NC(C)CS(C)(=O)=O. The molecule has 0 spiro atoms. The highest BCUT2D eigenvalue weighted by molar-refractivity contribution is 7.90. The molecule has 0 aliphatic carbocycles. The Hall–Kier alpha value is -1.63. The molecule has 1 atom stereocenters. The standard InChI is InChI=1S/C12H19N3O3S/c1-4-14-11-7-13-6-5-10(11)12(16)15-9(2)8-19(3,17)18/h5-7,9,14H,4,8H2,1-3H3,(H,15,16). The number of nitrogens with zero attached hydrogens (tertiary/aromatic N) is 1. The van der Waals surface area contributed by atoms with Crippen LogP contribution in [0.3, 0.4) is 0 Å². The number of hydrogen-bond acceptors (Lipinski definition) is 5. The van der Waals surface area contributed by atoms with Crippen LogP contribution >= 0.6 is 0 Å². The summed E-state index contributed by atoms with van der Waals surface area (Å²) in [6.45, 7) is 4.25. The van der Waals surface area contributed by atoms with Crippen molar-refractivity contribution in [2.75, 3.05) is 23.9 Å². The van der Waals surface area contributed by atoms with Crippen molar-refractivity contribution in [3.63, 3.8) is 0 Å². The molecule has 0 radical (unpaired) electrons. The number of rotatable bonds is 6. The van der Waals surface area contributed by atoms with Gasteiger partial charge in [-0.25, -0.2) is 8.42 Å². The maximum Gasteiger partial charge on any atom is 0.253 e. The Morgan fingerprint density at radius 3 is 2.74 bits per heavy atom. The Labute approximate surface area is 113 Å². The second-order valence-electron chi connectivity index (χ2n) is 4.42. The predicted molar refractivity (Wildman–Crippen MR) is 75.0 cm³/mol. The average Bonchev–Trinajstić information content (AvgIpc) is 2.27. The number of carbonyl (C=O) groups excluding carboxylic acids is 1. The molecule has 0 saturated carbocycles. The third kappa shape index (κ3) is 5.25. The van der Waals surface area contributed by atoms with Crippen molar-refractivity contribution in [3.05, 3.63) is 24.0 Å². The zero-order chi connectivity index (χ0) is 14.5. The van der Waals surface area contributed by atoms with Gasteiger partial charge >= 0.3 is 0 Å². The van der Waals surface area contributed by atoms with E-state index in [4.69, 9.17) is 0 Å². The molecule has 1 heterocycles. The van der Waals surface area contributed by atoms with Crippen LogP contribution in [0, 0.1) is 0 Å². The fourth-order valence-corrected chi connectivity index (χ4v) is 2.71. The third-order valence-corrected chi connectivity index (χ3v) is 3.47. The number of amides is 1. The number of pyridine rings is 1. The first-order valence-electron chi connectivity index (χ1n) is 6.00. The van der Waals surface area contributed by atoms with E-state index >= 15 is 0 Å². The molecule has 0 aliphatic heterocycles. The molecule has 0 saturated heterocycles. The van der Waals surface area contributed by atoms with Gasteiger partial charge in [0.15, 0.2) is 0 Å². The van der Waals surface area contributed by atoms with Crippen LogP contribution in [0.4, 0.5) is 5.69 Å². The zero-order valence-corrected chi connectivity index (χ0v) is 12.1. The molecule has 1 aromatic heterocycles. The Morgan fingerprint density at radius 1 is 1.47 bits per heavy atom. The molecular formula is C12H19N3O3S. The summed E-state index contributed by atoms with van der Waals surface area (Å²) in [4.78, 5) is 16.0. The van der Waals surface area contributed by atoms with E-state index in [2.05, 4.69) is 15.6 Å². The van der Waals surface area contributed by atoms with E-state index in [0.29, 0.717) is 17.8 Å². The third-order valence-electron chi connectivity index (χ3n) is 2.36. The lowest BCUT2D eigenvalue weighted by atomic mass is 10.2. The summed E-state index contributed by atoms with van der Waals surface area (Å²) < 4.78 is 22.3. The lowest BCUT2D eigenvalue weighted by molar-refractivity contribution is 0.0944. The summed E-state index contributed by atoms with van der Waals surface area (Å²) in [5.74, 6) is -0.394. The summed E-state index contributed by atoms with van der Waals surface area (Å²) >= 11 is 0. The van der Waals surface area contributed by atoms with Crippen molar-refractivity contribution in [2.45, 2.75) is 19.9 Å². The maximum absolute atomic E-state index is 12.1. The minimum absolute atomic E-state index is 0.0830. The second kappa shape index (κ2) is 6.51. The van der Waals surface area contributed by atoms with E-state index in [9.17, 15) is 13.2 Å². The van der Waals surface area contributed by atoms with Crippen molar-refractivity contribution in [1.82, 2.24) is 10.3 Å². The van der Waals surface area contributed by atoms with Gasteiger partial charge in [-0.15, -0.1) is 0 Å². The topological polar surface area (TPSA) is 88.2 Å². The molecule has 7 heteroatoms. The van der Waals surface area contributed by atoms with E-state index < -0.39 is 15.9 Å². The van der Waals surface area contributed by atoms with Crippen LogP contribution in [0.25, 0.3) is 0 Å². The predicted octanol–water partition coefficient (Wildman–Crippen LogP) is 0.676. The highest BCUT2D eigenvalue weighted by atomic mass is 32.2. The summed E-state index contributed by atoms with van der Waals surface area (Å²) in [7, 11) is -3.11. The second-order valence-corrected chi connectivity index (χ2v) is 6.60. The Kier molecular flexibility index (Phi) is 5.29. The monoisotopic (exact) mass is 285 g/mol. The van der Waals surface area contributed by atoms with Gasteiger partial charge in [-0.1, -0.05) is 0 Å². The Balaban J connectivity index is 2.78. The molecule has 6 nitrogen and oxygen atoms in total. The maximum atomic E-state index is 12.1. The lowest BCUT2D eigenvalue weighted by Crippen LogP contribution is -2.37. The van der Waals surface area contributed by atoms with E-state index in [-0.39, 0.29) is 11.7 Å². The van der Waals surface area contributed by atoms with Gasteiger partial charge in [0.1, 0.15) is 9.84 Å². The number of nitrogens with one attached hydrogen (secondary N) is 2. The number of sulfone groups is 1. The molecule has 1 aromatic rings. The van der Waals surface area contributed by atoms with Crippen LogP contribution in [-0.4, -0.2) is 43.9 Å². The minimum atomic E-state index is -3.11. The first-order chi connectivity index (χ1) is 8.83. The summed E-state index contributed by atoms with van der Waals surface area (Å²) in [6, 6.07) is 1.16. The molecule has 1 unspecified atom stereocenters. The molecule has 1 rings (SSSR count). The van der Waals surface area contributed by atoms with Crippen LogP contribution in [0.15, 0.2) is 18.5 Å². The fourth-order valence-electron chi connectivity index (χ4n) is 1.72. The average molecular weight is 285 g/mol. The van der Waals surface area contributed by atoms with Gasteiger partial charge in [0.05, 0.1) is 23.2 Å². The van der Waals surface area contributed by atoms with Crippen molar-refractivity contribution in [1.29, 1.82) is 0 Å². The van der Waals surface area contributed by atoms with Gasteiger partial charge < -0.3 is 10.6 Å². The van der Waals surface area contributed by atoms with Crippen LogP contribution in [-0.2, 0) is 9.84 Å². The van der Waals surface area contributed by atoms with Gasteiger partial charge in [-0.3, -0.25) is 9.78 Å². The van der Waals surface area contributed by atoms with Crippen LogP contribution in [0.2, 0.25) is 0 Å². The van der Waals surface area contributed by atoms with E-state index in [1.54, 1.807) is 19.2 Å². The van der Waals surface area contributed by atoms with Gasteiger partial charge in [-0.2, -0.15) is 0 Å².